The standard InChI is InChI=1S/C16H16N2O2/c1-20-15-5-2-13(3-6-15)4-7-16(19)18-12-14-8-10-17-11-9-14/h2-11H,12H2,1H3,(H,18,19). The SMILES string of the molecule is COc1ccc(C=CC(=O)NCc2ccncc2)cc1. The van der Waals surface area contributed by atoms with Gasteiger partial charge in [0.25, 0.3) is 0 Å². The van der Waals surface area contributed by atoms with E-state index in [1.807, 2.05) is 36.4 Å². The number of hydrogen-bond acceptors (Lipinski definition) is 3. The fourth-order valence-electron chi connectivity index (χ4n) is 1.64. The Hall–Kier alpha value is -2.62. The van der Waals surface area contributed by atoms with Crippen LogP contribution in [0.3, 0.4) is 0 Å². The largest absolute Gasteiger partial charge is 0.497 e. The molecule has 0 radical (unpaired) electrons. The summed E-state index contributed by atoms with van der Waals surface area (Å²) in [6.07, 6.45) is 6.69. The predicted molar refractivity (Wildman–Crippen MR) is 78.1 cm³/mol. The van der Waals surface area contributed by atoms with Gasteiger partial charge in [-0.05, 0) is 41.5 Å². The Labute approximate surface area is 118 Å². The summed E-state index contributed by atoms with van der Waals surface area (Å²) in [7, 11) is 1.62. The smallest absolute Gasteiger partial charge is 0.244 e. The van der Waals surface area contributed by atoms with E-state index >= 15 is 0 Å². The molecule has 4 nitrogen and oxygen atoms in total. The van der Waals surface area contributed by atoms with Crippen LogP contribution in [0.4, 0.5) is 0 Å². The number of carbonyl (C=O) groups is 1. The van der Waals surface area contributed by atoms with E-state index in [-0.39, 0.29) is 5.91 Å². The van der Waals surface area contributed by atoms with Crippen LogP contribution in [0.15, 0.2) is 54.9 Å². The van der Waals surface area contributed by atoms with Crippen LogP contribution >= 0.6 is 0 Å². The molecule has 0 aliphatic carbocycles. The van der Waals surface area contributed by atoms with Crippen LogP contribution < -0.4 is 10.1 Å². The van der Waals surface area contributed by atoms with E-state index in [0.717, 1.165) is 16.9 Å². The number of amides is 1. The number of hydrogen-bond donors (Lipinski definition) is 1. The van der Waals surface area contributed by atoms with E-state index in [2.05, 4.69) is 10.3 Å². The molecular formula is C16H16N2O2. The van der Waals surface area contributed by atoms with Crippen molar-refractivity contribution in [1.82, 2.24) is 10.3 Å². The highest BCUT2D eigenvalue weighted by Crippen LogP contribution is 2.12. The van der Waals surface area contributed by atoms with Gasteiger partial charge in [0, 0.05) is 25.0 Å². The van der Waals surface area contributed by atoms with Crippen LogP contribution in [-0.2, 0) is 11.3 Å². The number of pyridine rings is 1. The molecule has 102 valence electrons. The molecule has 20 heavy (non-hydrogen) atoms. The molecule has 2 rings (SSSR count). The number of benzene rings is 1. The first-order chi connectivity index (χ1) is 9.78. The molecule has 0 fully saturated rings. The fraction of sp³-hybridized carbons (Fsp3) is 0.125. The van der Waals surface area contributed by atoms with Crippen LogP contribution in [0.2, 0.25) is 0 Å². The Morgan fingerprint density at radius 3 is 2.55 bits per heavy atom. The van der Waals surface area contributed by atoms with Crippen LogP contribution in [0, 0.1) is 0 Å². The first kappa shape index (κ1) is 13.8. The van der Waals surface area contributed by atoms with Crippen molar-refractivity contribution in [2.24, 2.45) is 0 Å². The summed E-state index contributed by atoms with van der Waals surface area (Å²) < 4.78 is 5.07. The third-order valence-electron chi connectivity index (χ3n) is 2.76. The highest BCUT2D eigenvalue weighted by atomic mass is 16.5. The number of ether oxygens (including phenoxy) is 1. The molecule has 1 aromatic heterocycles. The van der Waals surface area contributed by atoms with Gasteiger partial charge in [-0.25, -0.2) is 0 Å². The van der Waals surface area contributed by atoms with E-state index in [9.17, 15) is 4.79 Å². The zero-order chi connectivity index (χ0) is 14.2. The average Bonchev–Trinajstić information content (AvgIpc) is 2.52. The Balaban J connectivity index is 1.85. The van der Waals surface area contributed by atoms with E-state index in [1.165, 1.54) is 6.08 Å². The highest BCUT2D eigenvalue weighted by Gasteiger charge is 1.96. The second-order valence-electron chi connectivity index (χ2n) is 4.18. The highest BCUT2D eigenvalue weighted by molar-refractivity contribution is 5.91. The third kappa shape index (κ3) is 4.24. The van der Waals surface area contributed by atoms with Gasteiger partial charge in [-0.1, -0.05) is 12.1 Å². The van der Waals surface area contributed by atoms with Crippen LogP contribution in [0.5, 0.6) is 5.75 Å². The predicted octanol–water partition coefficient (Wildman–Crippen LogP) is 2.42. The third-order valence-corrected chi connectivity index (χ3v) is 2.76. The minimum Gasteiger partial charge on any atom is -0.497 e. The van der Waals surface area contributed by atoms with Gasteiger partial charge in [0.2, 0.25) is 5.91 Å². The number of aromatic nitrogens is 1. The first-order valence-electron chi connectivity index (χ1n) is 6.27. The quantitative estimate of drug-likeness (QED) is 0.847. The summed E-state index contributed by atoms with van der Waals surface area (Å²) in [6.45, 7) is 0.494. The Kier molecular flexibility index (Phi) is 4.89. The molecule has 0 atom stereocenters. The number of nitrogens with one attached hydrogen (secondary N) is 1. The molecule has 2 aromatic rings. The maximum atomic E-state index is 11.7. The lowest BCUT2D eigenvalue weighted by molar-refractivity contribution is -0.116. The van der Waals surface area contributed by atoms with Crippen molar-refractivity contribution in [2.45, 2.75) is 6.54 Å². The van der Waals surface area contributed by atoms with Crippen LogP contribution in [0.25, 0.3) is 6.08 Å². The Morgan fingerprint density at radius 1 is 1.20 bits per heavy atom. The Bertz CT molecular complexity index is 577. The molecule has 0 saturated heterocycles. The van der Waals surface area contributed by atoms with Gasteiger partial charge in [0.1, 0.15) is 5.75 Å². The van der Waals surface area contributed by atoms with Crippen molar-refractivity contribution in [3.63, 3.8) is 0 Å². The molecule has 1 N–H and O–H groups in total. The molecule has 1 heterocycles. The molecule has 0 aliphatic rings. The molecule has 1 aromatic carbocycles. The van der Waals surface area contributed by atoms with Crippen molar-refractivity contribution in [3.05, 3.63) is 66.0 Å². The zero-order valence-corrected chi connectivity index (χ0v) is 11.2. The number of rotatable bonds is 5. The van der Waals surface area contributed by atoms with E-state index in [4.69, 9.17) is 4.74 Å². The van der Waals surface area contributed by atoms with Gasteiger partial charge in [-0.2, -0.15) is 0 Å². The van der Waals surface area contributed by atoms with Gasteiger partial charge in [-0.3, -0.25) is 9.78 Å². The summed E-state index contributed by atoms with van der Waals surface area (Å²) >= 11 is 0. The lowest BCUT2D eigenvalue weighted by atomic mass is 10.2. The van der Waals surface area contributed by atoms with Crippen molar-refractivity contribution >= 4 is 12.0 Å². The number of carbonyl (C=O) groups excluding carboxylic acids is 1. The maximum Gasteiger partial charge on any atom is 0.244 e. The van der Waals surface area contributed by atoms with Crippen LogP contribution in [-0.4, -0.2) is 18.0 Å². The van der Waals surface area contributed by atoms with Gasteiger partial charge >= 0.3 is 0 Å². The fourth-order valence-corrected chi connectivity index (χ4v) is 1.64. The van der Waals surface area contributed by atoms with Crippen molar-refractivity contribution in [3.8, 4) is 5.75 Å². The Morgan fingerprint density at radius 2 is 1.90 bits per heavy atom. The molecular weight excluding hydrogens is 252 g/mol. The zero-order valence-electron chi connectivity index (χ0n) is 11.2. The molecule has 0 saturated carbocycles. The summed E-state index contributed by atoms with van der Waals surface area (Å²) in [4.78, 5) is 15.6. The topological polar surface area (TPSA) is 51.2 Å². The monoisotopic (exact) mass is 268 g/mol. The summed E-state index contributed by atoms with van der Waals surface area (Å²) in [6, 6.07) is 11.2. The summed E-state index contributed by atoms with van der Waals surface area (Å²) in [5.74, 6) is 0.668. The van der Waals surface area contributed by atoms with Crippen molar-refractivity contribution in [2.75, 3.05) is 7.11 Å². The van der Waals surface area contributed by atoms with Gasteiger partial charge in [-0.15, -0.1) is 0 Å². The van der Waals surface area contributed by atoms with Gasteiger partial charge in [0.15, 0.2) is 0 Å². The van der Waals surface area contributed by atoms with Gasteiger partial charge in [0.05, 0.1) is 7.11 Å². The van der Waals surface area contributed by atoms with Crippen molar-refractivity contribution < 1.29 is 9.53 Å². The molecule has 4 heteroatoms. The van der Waals surface area contributed by atoms with Crippen LogP contribution in [0.1, 0.15) is 11.1 Å². The number of methoxy groups -OCH3 is 1. The first-order valence-corrected chi connectivity index (χ1v) is 6.27. The normalized spacial score (nSPS) is 10.4. The molecule has 0 bridgehead atoms. The number of nitrogens with zero attached hydrogens (tertiary/aromatic N) is 1. The average molecular weight is 268 g/mol. The molecule has 0 spiro atoms. The molecule has 1 amide bonds. The second-order valence-corrected chi connectivity index (χ2v) is 4.18. The molecule has 0 unspecified atom stereocenters. The molecule has 0 aliphatic heterocycles. The van der Waals surface area contributed by atoms with E-state index < -0.39 is 0 Å². The van der Waals surface area contributed by atoms with Gasteiger partial charge < -0.3 is 10.1 Å². The summed E-state index contributed by atoms with van der Waals surface area (Å²) in [5.41, 5.74) is 1.97. The van der Waals surface area contributed by atoms with E-state index in [0.29, 0.717) is 6.54 Å². The lowest BCUT2D eigenvalue weighted by Gasteiger charge is -2.02. The van der Waals surface area contributed by atoms with E-state index in [1.54, 1.807) is 25.6 Å². The summed E-state index contributed by atoms with van der Waals surface area (Å²) in [5, 5.41) is 2.81. The minimum atomic E-state index is -0.127. The van der Waals surface area contributed by atoms with Crippen molar-refractivity contribution in [1.29, 1.82) is 0 Å². The minimum absolute atomic E-state index is 0.127. The maximum absolute atomic E-state index is 11.7. The second kappa shape index (κ2) is 7.09. The lowest BCUT2D eigenvalue weighted by Crippen LogP contribution is -2.20.